The van der Waals surface area contributed by atoms with Gasteiger partial charge in [-0.15, -0.1) is 0 Å². The molecule has 0 saturated carbocycles. The van der Waals surface area contributed by atoms with Gasteiger partial charge in [0.05, 0.1) is 23.9 Å². The molecule has 0 aromatic heterocycles. The highest BCUT2D eigenvalue weighted by atomic mass is 16.5. The Morgan fingerprint density at radius 3 is 2.55 bits per heavy atom. The number of hydrogen-bond donors (Lipinski definition) is 2. The molecule has 0 fully saturated rings. The van der Waals surface area contributed by atoms with Crippen LogP contribution in [0.4, 0.5) is 5.69 Å². The fraction of sp³-hybridized carbons (Fsp3) is 0.467. The van der Waals surface area contributed by atoms with Crippen molar-refractivity contribution in [3.05, 3.63) is 29.8 Å². The number of esters is 1. The zero-order valence-electron chi connectivity index (χ0n) is 12.2. The average molecular weight is 278 g/mol. The lowest BCUT2D eigenvalue weighted by Crippen LogP contribution is -2.37. The van der Waals surface area contributed by atoms with Gasteiger partial charge in [-0.05, 0) is 31.4 Å². The van der Waals surface area contributed by atoms with E-state index in [1.165, 1.54) is 0 Å². The number of anilines is 1. The summed E-state index contributed by atoms with van der Waals surface area (Å²) in [6.07, 6.45) is 0.591. The monoisotopic (exact) mass is 278 g/mol. The van der Waals surface area contributed by atoms with Crippen LogP contribution in [0.2, 0.25) is 0 Å². The summed E-state index contributed by atoms with van der Waals surface area (Å²) in [4.78, 5) is 23.8. The number of benzene rings is 1. The van der Waals surface area contributed by atoms with Crippen LogP contribution in [0.15, 0.2) is 24.3 Å². The molecule has 0 radical (unpaired) electrons. The maximum absolute atomic E-state index is 12.0. The Bertz CT molecular complexity index is 472. The summed E-state index contributed by atoms with van der Waals surface area (Å²) in [5.74, 6) is -0.424. The third-order valence-electron chi connectivity index (χ3n) is 2.74. The predicted molar refractivity (Wildman–Crippen MR) is 78.5 cm³/mol. The van der Waals surface area contributed by atoms with E-state index in [0.29, 0.717) is 23.6 Å². The Balaban J connectivity index is 2.82. The van der Waals surface area contributed by atoms with Crippen molar-refractivity contribution in [3.8, 4) is 0 Å². The highest BCUT2D eigenvalue weighted by Gasteiger charge is 2.18. The molecule has 0 saturated heterocycles. The molecule has 0 aliphatic heterocycles. The smallest absolute Gasteiger partial charge is 0.340 e. The summed E-state index contributed by atoms with van der Waals surface area (Å²) >= 11 is 0. The summed E-state index contributed by atoms with van der Waals surface area (Å²) in [6.45, 7) is 6.02. The van der Waals surface area contributed by atoms with E-state index in [9.17, 15) is 9.59 Å². The SMILES string of the molecule is CCOC(=O)c1ccccc1NC(=O)C(N)CC(C)C. The topological polar surface area (TPSA) is 81.4 Å². The number of nitrogens with one attached hydrogen (secondary N) is 1. The molecule has 5 heteroatoms. The van der Waals surface area contributed by atoms with Gasteiger partial charge in [0, 0.05) is 0 Å². The van der Waals surface area contributed by atoms with Gasteiger partial charge in [0.15, 0.2) is 0 Å². The van der Waals surface area contributed by atoms with Gasteiger partial charge in [0.2, 0.25) is 5.91 Å². The van der Waals surface area contributed by atoms with Gasteiger partial charge in [0.25, 0.3) is 0 Å². The Hall–Kier alpha value is -1.88. The normalized spacial score (nSPS) is 12.1. The van der Waals surface area contributed by atoms with Gasteiger partial charge < -0.3 is 15.8 Å². The summed E-state index contributed by atoms with van der Waals surface area (Å²) in [5.41, 5.74) is 6.58. The third kappa shape index (κ3) is 4.66. The molecule has 0 bridgehead atoms. The largest absolute Gasteiger partial charge is 0.462 e. The maximum atomic E-state index is 12.0. The zero-order valence-corrected chi connectivity index (χ0v) is 12.2. The molecule has 3 N–H and O–H groups in total. The van der Waals surface area contributed by atoms with E-state index < -0.39 is 12.0 Å². The second kappa shape index (κ2) is 7.65. The second-order valence-corrected chi connectivity index (χ2v) is 4.99. The average Bonchev–Trinajstić information content (AvgIpc) is 2.38. The molecule has 0 heterocycles. The van der Waals surface area contributed by atoms with Crippen LogP contribution in [-0.4, -0.2) is 24.5 Å². The molecule has 1 aromatic rings. The summed E-state index contributed by atoms with van der Waals surface area (Å²) in [6, 6.07) is 6.14. The highest BCUT2D eigenvalue weighted by Crippen LogP contribution is 2.17. The standard InChI is InChI=1S/C15H22N2O3/c1-4-20-15(19)11-7-5-6-8-13(11)17-14(18)12(16)9-10(2)3/h5-8,10,12H,4,9,16H2,1-3H3,(H,17,18). The van der Waals surface area contributed by atoms with Crippen molar-refractivity contribution in [3.63, 3.8) is 0 Å². The molecule has 1 rings (SSSR count). The van der Waals surface area contributed by atoms with Gasteiger partial charge in [0.1, 0.15) is 0 Å². The van der Waals surface area contributed by atoms with E-state index in [0.717, 1.165) is 0 Å². The van der Waals surface area contributed by atoms with Crippen molar-refractivity contribution in [2.24, 2.45) is 11.7 Å². The number of ether oxygens (including phenoxy) is 1. The molecule has 1 amide bonds. The first-order valence-corrected chi connectivity index (χ1v) is 6.78. The second-order valence-electron chi connectivity index (χ2n) is 4.99. The van der Waals surface area contributed by atoms with Crippen molar-refractivity contribution < 1.29 is 14.3 Å². The minimum atomic E-state index is -0.592. The van der Waals surface area contributed by atoms with Crippen molar-refractivity contribution in [2.45, 2.75) is 33.2 Å². The Labute approximate surface area is 119 Å². The van der Waals surface area contributed by atoms with Crippen LogP contribution in [0.25, 0.3) is 0 Å². The molecule has 0 spiro atoms. The number of amides is 1. The van der Waals surface area contributed by atoms with E-state index in [2.05, 4.69) is 5.32 Å². The number of carbonyl (C=O) groups is 2. The van der Waals surface area contributed by atoms with Gasteiger partial charge in [-0.25, -0.2) is 4.79 Å². The van der Waals surface area contributed by atoms with Gasteiger partial charge in [-0.2, -0.15) is 0 Å². The maximum Gasteiger partial charge on any atom is 0.340 e. The predicted octanol–water partition coefficient (Wildman–Crippen LogP) is 2.18. The molecular weight excluding hydrogens is 256 g/mol. The molecule has 20 heavy (non-hydrogen) atoms. The van der Waals surface area contributed by atoms with Crippen molar-refractivity contribution in [1.82, 2.24) is 0 Å². The summed E-state index contributed by atoms with van der Waals surface area (Å²) in [5, 5.41) is 2.69. The van der Waals surface area contributed by atoms with Crippen molar-refractivity contribution >= 4 is 17.6 Å². The van der Waals surface area contributed by atoms with Crippen LogP contribution in [0.3, 0.4) is 0 Å². The number of nitrogens with two attached hydrogens (primary N) is 1. The first-order valence-electron chi connectivity index (χ1n) is 6.78. The zero-order chi connectivity index (χ0) is 15.1. The van der Waals surface area contributed by atoms with E-state index in [-0.39, 0.29) is 12.5 Å². The van der Waals surface area contributed by atoms with Crippen LogP contribution in [0.1, 0.15) is 37.6 Å². The van der Waals surface area contributed by atoms with Crippen LogP contribution in [-0.2, 0) is 9.53 Å². The lowest BCUT2D eigenvalue weighted by molar-refractivity contribution is -0.117. The molecule has 1 aromatic carbocycles. The third-order valence-corrected chi connectivity index (χ3v) is 2.74. The lowest BCUT2D eigenvalue weighted by Gasteiger charge is -2.15. The first-order chi connectivity index (χ1) is 9.45. The van der Waals surface area contributed by atoms with E-state index in [1.54, 1.807) is 31.2 Å². The Morgan fingerprint density at radius 2 is 1.95 bits per heavy atom. The van der Waals surface area contributed by atoms with Crippen LogP contribution in [0.5, 0.6) is 0 Å². The van der Waals surface area contributed by atoms with Gasteiger partial charge in [-0.1, -0.05) is 26.0 Å². The Kier molecular flexibility index (Phi) is 6.18. The minimum Gasteiger partial charge on any atom is -0.462 e. The van der Waals surface area contributed by atoms with Crippen LogP contribution >= 0.6 is 0 Å². The van der Waals surface area contributed by atoms with Gasteiger partial charge >= 0.3 is 5.97 Å². The summed E-state index contributed by atoms with van der Waals surface area (Å²) in [7, 11) is 0. The molecule has 0 aliphatic rings. The highest BCUT2D eigenvalue weighted by molar-refractivity contribution is 6.02. The van der Waals surface area contributed by atoms with E-state index >= 15 is 0 Å². The first kappa shape index (κ1) is 16.2. The van der Waals surface area contributed by atoms with Crippen molar-refractivity contribution in [1.29, 1.82) is 0 Å². The number of rotatable bonds is 6. The summed E-state index contributed by atoms with van der Waals surface area (Å²) < 4.78 is 4.95. The fourth-order valence-electron chi connectivity index (χ4n) is 1.82. The molecule has 110 valence electrons. The quantitative estimate of drug-likeness (QED) is 0.781. The molecular formula is C15H22N2O3. The van der Waals surface area contributed by atoms with E-state index in [1.807, 2.05) is 13.8 Å². The number of carbonyl (C=O) groups excluding carboxylic acids is 2. The van der Waals surface area contributed by atoms with Crippen LogP contribution < -0.4 is 11.1 Å². The Morgan fingerprint density at radius 1 is 1.30 bits per heavy atom. The van der Waals surface area contributed by atoms with Crippen LogP contribution in [0, 0.1) is 5.92 Å². The molecule has 1 unspecified atom stereocenters. The fourth-order valence-corrected chi connectivity index (χ4v) is 1.82. The number of para-hydroxylation sites is 1. The molecule has 0 aliphatic carbocycles. The lowest BCUT2D eigenvalue weighted by atomic mass is 10.0. The van der Waals surface area contributed by atoms with E-state index in [4.69, 9.17) is 10.5 Å². The van der Waals surface area contributed by atoms with Gasteiger partial charge in [-0.3, -0.25) is 4.79 Å². The molecule has 1 atom stereocenters. The van der Waals surface area contributed by atoms with Crippen molar-refractivity contribution in [2.75, 3.05) is 11.9 Å². The minimum absolute atomic E-state index is 0.286. The number of hydrogen-bond acceptors (Lipinski definition) is 4. The molecule has 5 nitrogen and oxygen atoms in total.